The summed E-state index contributed by atoms with van der Waals surface area (Å²) in [6, 6.07) is 4.51. The van der Waals surface area contributed by atoms with Crippen LogP contribution in [0.3, 0.4) is 0 Å². The molecule has 2 rings (SSSR count). The number of nitrogens with zero attached hydrogens (tertiary/aromatic N) is 2. The number of alkyl halides is 1. The number of imidazole rings is 1. The highest BCUT2D eigenvalue weighted by Gasteiger charge is 2.18. The van der Waals surface area contributed by atoms with Gasteiger partial charge in [0.1, 0.15) is 11.6 Å². The first-order valence-electron chi connectivity index (χ1n) is 6.38. The van der Waals surface area contributed by atoms with Crippen LogP contribution in [0.5, 0.6) is 0 Å². The molecule has 2 aromatic rings. The van der Waals surface area contributed by atoms with E-state index >= 15 is 0 Å². The lowest BCUT2D eigenvalue weighted by atomic mass is 10.3. The average molecular weight is 301 g/mol. The van der Waals surface area contributed by atoms with E-state index in [1.807, 2.05) is 11.5 Å². The van der Waals surface area contributed by atoms with Crippen LogP contribution in [0, 0.1) is 5.82 Å². The minimum absolute atomic E-state index is 0.144. The molecule has 0 spiro atoms. The summed E-state index contributed by atoms with van der Waals surface area (Å²) in [5, 5.41) is -0.273. The number of benzene rings is 1. The third-order valence-corrected chi connectivity index (χ3v) is 3.36. The van der Waals surface area contributed by atoms with Crippen LogP contribution in [-0.2, 0) is 16.0 Å². The van der Waals surface area contributed by atoms with E-state index in [-0.39, 0.29) is 17.3 Å². The molecule has 0 saturated heterocycles. The van der Waals surface area contributed by atoms with Crippen molar-refractivity contribution in [2.45, 2.75) is 24.9 Å². The van der Waals surface area contributed by atoms with Crippen LogP contribution in [0.2, 0.25) is 0 Å². The quantitative estimate of drug-likeness (QED) is 0.769. The van der Waals surface area contributed by atoms with Gasteiger partial charge in [0, 0.05) is 14.2 Å². The molecule has 2 atom stereocenters. The highest BCUT2D eigenvalue weighted by atomic mass is 35.5. The molecule has 0 aliphatic carbocycles. The van der Waals surface area contributed by atoms with Gasteiger partial charge in [-0.15, -0.1) is 11.6 Å². The zero-order valence-corrected chi connectivity index (χ0v) is 12.5. The minimum atomic E-state index is -0.298. The number of hydrogen-bond acceptors (Lipinski definition) is 3. The molecule has 0 aliphatic rings. The Kier molecular flexibility index (Phi) is 4.96. The Morgan fingerprint density at radius 1 is 1.40 bits per heavy atom. The molecule has 4 nitrogen and oxygen atoms in total. The first-order chi connectivity index (χ1) is 9.56. The van der Waals surface area contributed by atoms with Crippen LogP contribution in [0.4, 0.5) is 4.39 Å². The van der Waals surface area contributed by atoms with Crippen molar-refractivity contribution < 1.29 is 13.9 Å². The fourth-order valence-corrected chi connectivity index (χ4v) is 2.36. The predicted molar refractivity (Wildman–Crippen MR) is 76.6 cm³/mol. The molecular weight excluding hydrogens is 283 g/mol. The van der Waals surface area contributed by atoms with E-state index in [2.05, 4.69) is 4.98 Å². The van der Waals surface area contributed by atoms with Crippen molar-refractivity contribution in [3.8, 4) is 0 Å². The molecule has 2 unspecified atom stereocenters. The summed E-state index contributed by atoms with van der Waals surface area (Å²) in [4.78, 5) is 4.47. The van der Waals surface area contributed by atoms with Crippen molar-refractivity contribution in [2.24, 2.45) is 0 Å². The predicted octanol–water partition coefficient (Wildman–Crippen LogP) is 3.14. The largest absolute Gasteiger partial charge is 0.382 e. The first kappa shape index (κ1) is 15.2. The Labute approximate surface area is 122 Å². The van der Waals surface area contributed by atoms with Crippen LogP contribution in [0.1, 0.15) is 18.1 Å². The number of hydrogen-bond donors (Lipinski definition) is 0. The molecular formula is C14H18ClFN2O2. The van der Waals surface area contributed by atoms with Gasteiger partial charge in [0.05, 0.1) is 35.7 Å². The Morgan fingerprint density at radius 2 is 2.15 bits per heavy atom. The molecule has 0 aliphatic heterocycles. The molecule has 0 N–H and O–H groups in total. The maximum Gasteiger partial charge on any atom is 0.127 e. The van der Waals surface area contributed by atoms with Crippen molar-refractivity contribution >= 4 is 22.6 Å². The van der Waals surface area contributed by atoms with E-state index in [1.165, 1.54) is 12.1 Å². The summed E-state index contributed by atoms with van der Waals surface area (Å²) in [7, 11) is 3.23. The van der Waals surface area contributed by atoms with E-state index in [0.717, 1.165) is 5.52 Å². The summed E-state index contributed by atoms with van der Waals surface area (Å²) in [5.74, 6) is 0.401. The van der Waals surface area contributed by atoms with Crippen LogP contribution in [0.15, 0.2) is 18.2 Å². The zero-order valence-electron chi connectivity index (χ0n) is 11.8. The van der Waals surface area contributed by atoms with Gasteiger partial charge in [-0.3, -0.25) is 0 Å². The van der Waals surface area contributed by atoms with Gasteiger partial charge in [-0.25, -0.2) is 9.37 Å². The van der Waals surface area contributed by atoms with Crippen molar-refractivity contribution in [3.63, 3.8) is 0 Å². The second-order valence-electron chi connectivity index (χ2n) is 4.64. The fraction of sp³-hybridized carbons (Fsp3) is 0.500. The van der Waals surface area contributed by atoms with E-state index in [4.69, 9.17) is 21.1 Å². The second-order valence-corrected chi connectivity index (χ2v) is 5.30. The zero-order chi connectivity index (χ0) is 14.7. The van der Waals surface area contributed by atoms with Crippen LogP contribution < -0.4 is 0 Å². The summed E-state index contributed by atoms with van der Waals surface area (Å²) in [6.07, 6.45) is -0.144. The lowest BCUT2D eigenvalue weighted by molar-refractivity contribution is 0.0185. The topological polar surface area (TPSA) is 36.3 Å². The van der Waals surface area contributed by atoms with E-state index < -0.39 is 0 Å². The summed E-state index contributed by atoms with van der Waals surface area (Å²) in [6.45, 7) is 2.80. The molecule has 1 heterocycles. The molecule has 1 aromatic carbocycles. The van der Waals surface area contributed by atoms with Crippen molar-refractivity contribution in [2.75, 3.05) is 20.8 Å². The maximum atomic E-state index is 13.5. The normalized spacial score (nSPS) is 14.7. The Morgan fingerprint density at radius 3 is 2.75 bits per heavy atom. The lowest BCUT2D eigenvalue weighted by Crippen LogP contribution is -2.25. The van der Waals surface area contributed by atoms with Gasteiger partial charge in [0.15, 0.2) is 0 Å². The molecule has 0 fully saturated rings. The average Bonchev–Trinajstić information content (AvgIpc) is 2.76. The Bertz CT molecular complexity index is 586. The highest BCUT2D eigenvalue weighted by molar-refractivity contribution is 6.20. The third-order valence-electron chi connectivity index (χ3n) is 3.17. The molecule has 6 heteroatoms. The molecule has 0 amide bonds. The first-order valence-corrected chi connectivity index (χ1v) is 6.82. The lowest BCUT2D eigenvalue weighted by Gasteiger charge is -2.18. The van der Waals surface area contributed by atoms with Gasteiger partial charge in [0.2, 0.25) is 0 Å². The summed E-state index contributed by atoms with van der Waals surface area (Å²) < 4.78 is 25.8. The highest BCUT2D eigenvalue weighted by Crippen LogP contribution is 2.25. The monoisotopic (exact) mass is 300 g/mol. The van der Waals surface area contributed by atoms with Crippen LogP contribution in [0.25, 0.3) is 11.0 Å². The third kappa shape index (κ3) is 3.11. The molecule has 1 aromatic heterocycles. The standard InChI is InChI=1S/C14H18ClFN2O2/c1-9(15)14-17-12-5-4-10(16)6-13(12)18(14)7-11(20-3)8-19-2/h4-6,9,11H,7-8H2,1-3H3. The number of ether oxygens (including phenoxy) is 2. The smallest absolute Gasteiger partial charge is 0.127 e. The summed E-state index contributed by atoms with van der Waals surface area (Å²) >= 11 is 6.17. The molecule has 0 saturated carbocycles. The van der Waals surface area contributed by atoms with Crippen molar-refractivity contribution in [1.82, 2.24) is 9.55 Å². The SMILES string of the molecule is COCC(Cn1c(C(C)Cl)nc2ccc(F)cc21)OC. The second kappa shape index (κ2) is 6.52. The van der Waals surface area contributed by atoms with Gasteiger partial charge in [-0.1, -0.05) is 0 Å². The van der Waals surface area contributed by atoms with Crippen LogP contribution >= 0.6 is 11.6 Å². The summed E-state index contributed by atoms with van der Waals surface area (Å²) in [5.41, 5.74) is 1.44. The number of rotatable bonds is 6. The van der Waals surface area contributed by atoms with Gasteiger partial charge >= 0.3 is 0 Å². The van der Waals surface area contributed by atoms with Gasteiger partial charge in [-0.05, 0) is 25.1 Å². The maximum absolute atomic E-state index is 13.5. The minimum Gasteiger partial charge on any atom is -0.382 e. The van der Waals surface area contributed by atoms with Crippen molar-refractivity contribution in [1.29, 1.82) is 0 Å². The number of methoxy groups -OCH3 is 2. The van der Waals surface area contributed by atoms with Crippen molar-refractivity contribution in [3.05, 3.63) is 29.8 Å². The van der Waals surface area contributed by atoms with Gasteiger partial charge < -0.3 is 14.0 Å². The molecule has 0 bridgehead atoms. The Hall–Kier alpha value is -1.17. The number of fused-ring (bicyclic) bond motifs is 1. The fourth-order valence-electron chi connectivity index (χ4n) is 2.19. The van der Waals surface area contributed by atoms with Gasteiger partial charge in [-0.2, -0.15) is 0 Å². The molecule has 20 heavy (non-hydrogen) atoms. The molecule has 110 valence electrons. The Balaban J connectivity index is 2.47. The van der Waals surface area contributed by atoms with Gasteiger partial charge in [0.25, 0.3) is 0 Å². The van der Waals surface area contributed by atoms with E-state index in [0.29, 0.717) is 24.5 Å². The number of halogens is 2. The molecule has 0 radical (unpaired) electrons. The van der Waals surface area contributed by atoms with E-state index in [9.17, 15) is 4.39 Å². The number of aromatic nitrogens is 2. The van der Waals surface area contributed by atoms with Crippen LogP contribution in [-0.4, -0.2) is 36.5 Å². The van der Waals surface area contributed by atoms with E-state index in [1.54, 1.807) is 20.3 Å².